The molecule has 1 heterocycles. The minimum atomic E-state index is -0.110. The SMILES string of the molecule is CCOc1ccc(/C=N/NC(=O)CN2CCN(Cc3ccccc3)CC2)cc1OC. The number of nitrogens with one attached hydrogen (secondary N) is 1. The summed E-state index contributed by atoms with van der Waals surface area (Å²) in [6.07, 6.45) is 1.61. The number of hydrazone groups is 1. The summed E-state index contributed by atoms with van der Waals surface area (Å²) in [6, 6.07) is 16.0. The minimum absolute atomic E-state index is 0.110. The highest BCUT2D eigenvalue weighted by Crippen LogP contribution is 2.27. The third kappa shape index (κ3) is 6.57. The number of hydrogen-bond donors (Lipinski definition) is 1. The second-order valence-electron chi connectivity index (χ2n) is 7.17. The maximum absolute atomic E-state index is 12.2. The van der Waals surface area contributed by atoms with Crippen molar-refractivity contribution >= 4 is 12.1 Å². The lowest BCUT2D eigenvalue weighted by atomic mass is 10.2. The molecule has 0 radical (unpaired) electrons. The molecule has 0 unspecified atom stereocenters. The normalized spacial score (nSPS) is 15.3. The second-order valence-corrected chi connectivity index (χ2v) is 7.17. The van der Waals surface area contributed by atoms with Crippen LogP contribution in [0.5, 0.6) is 11.5 Å². The third-order valence-corrected chi connectivity index (χ3v) is 4.97. The van der Waals surface area contributed by atoms with Crippen molar-refractivity contribution in [1.29, 1.82) is 0 Å². The van der Waals surface area contributed by atoms with Gasteiger partial charge in [-0.2, -0.15) is 5.10 Å². The lowest BCUT2D eigenvalue weighted by Gasteiger charge is -2.34. The van der Waals surface area contributed by atoms with Crippen molar-refractivity contribution in [2.24, 2.45) is 5.10 Å². The Kier molecular flexibility index (Phi) is 8.23. The van der Waals surface area contributed by atoms with Gasteiger partial charge in [0.05, 0.1) is 26.5 Å². The van der Waals surface area contributed by atoms with Gasteiger partial charge in [0.15, 0.2) is 11.5 Å². The van der Waals surface area contributed by atoms with Crippen molar-refractivity contribution in [1.82, 2.24) is 15.2 Å². The molecule has 2 aromatic rings. The fourth-order valence-electron chi connectivity index (χ4n) is 3.40. The summed E-state index contributed by atoms with van der Waals surface area (Å²) in [5.74, 6) is 1.22. The number of piperazine rings is 1. The Morgan fingerprint density at radius 2 is 1.80 bits per heavy atom. The Morgan fingerprint density at radius 1 is 1.07 bits per heavy atom. The zero-order chi connectivity index (χ0) is 21.2. The lowest BCUT2D eigenvalue weighted by molar-refractivity contribution is -0.122. The molecule has 1 aliphatic heterocycles. The monoisotopic (exact) mass is 410 g/mol. The molecule has 1 aliphatic rings. The first-order valence-corrected chi connectivity index (χ1v) is 10.3. The number of carbonyl (C=O) groups excluding carboxylic acids is 1. The van der Waals surface area contributed by atoms with E-state index >= 15 is 0 Å². The van der Waals surface area contributed by atoms with Crippen LogP contribution in [0.15, 0.2) is 53.6 Å². The van der Waals surface area contributed by atoms with E-state index in [9.17, 15) is 4.79 Å². The predicted molar refractivity (Wildman–Crippen MR) is 118 cm³/mol. The molecule has 0 spiro atoms. The Morgan fingerprint density at radius 3 is 2.50 bits per heavy atom. The van der Waals surface area contributed by atoms with Crippen LogP contribution in [0.4, 0.5) is 0 Å². The first-order chi connectivity index (χ1) is 14.7. The average Bonchev–Trinajstić information content (AvgIpc) is 2.77. The number of carbonyl (C=O) groups is 1. The van der Waals surface area contributed by atoms with Gasteiger partial charge in [-0.1, -0.05) is 30.3 Å². The fourth-order valence-corrected chi connectivity index (χ4v) is 3.40. The van der Waals surface area contributed by atoms with E-state index in [2.05, 4.69) is 44.6 Å². The zero-order valence-electron chi connectivity index (χ0n) is 17.7. The molecular weight excluding hydrogens is 380 g/mol. The van der Waals surface area contributed by atoms with Crippen LogP contribution in [-0.2, 0) is 11.3 Å². The fraction of sp³-hybridized carbons (Fsp3) is 0.391. The highest BCUT2D eigenvalue weighted by Gasteiger charge is 2.18. The number of hydrogen-bond acceptors (Lipinski definition) is 6. The quantitative estimate of drug-likeness (QED) is 0.508. The summed E-state index contributed by atoms with van der Waals surface area (Å²) < 4.78 is 10.8. The molecule has 0 atom stereocenters. The van der Waals surface area contributed by atoms with Crippen molar-refractivity contribution in [3.8, 4) is 11.5 Å². The van der Waals surface area contributed by atoms with Crippen molar-refractivity contribution in [3.05, 3.63) is 59.7 Å². The first kappa shape index (κ1) is 21.8. The Bertz CT molecular complexity index is 834. The summed E-state index contributed by atoms with van der Waals surface area (Å²) in [5, 5.41) is 4.07. The van der Waals surface area contributed by atoms with E-state index in [-0.39, 0.29) is 5.91 Å². The molecule has 30 heavy (non-hydrogen) atoms. The summed E-state index contributed by atoms with van der Waals surface area (Å²) in [4.78, 5) is 16.8. The molecule has 7 nitrogen and oxygen atoms in total. The van der Waals surface area contributed by atoms with E-state index in [1.165, 1.54) is 5.56 Å². The Hall–Kier alpha value is -2.90. The first-order valence-electron chi connectivity index (χ1n) is 10.3. The van der Waals surface area contributed by atoms with Crippen molar-refractivity contribution in [2.75, 3.05) is 46.4 Å². The van der Waals surface area contributed by atoms with Gasteiger partial charge in [0.1, 0.15) is 0 Å². The van der Waals surface area contributed by atoms with E-state index in [0.717, 1.165) is 38.3 Å². The standard InChI is InChI=1S/C23H30N4O3/c1-3-30-21-10-9-20(15-22(21)29-2)16-24-25-23(28)18-27-13-11-26(12-14-27)17-19-7-5-4-6-8-19/h4-10,15-16H,3,11-14,17-18H2,1-2H3,(H,25,28)/b24-16+. The highest BCUT2D eigenvalue weighted by molar-refractivity contribution is 5.83. The highest BCUT2D eigenvalue weighted by atomic mass is 16.5. The van der Waals surface area contributed by atoms with E-state index < -0.39 is 0 Å². The summed E-state index contributed by atoms with van der Waals surface area (Å²) in [6.45, 7) is 7.46. The minimum Gasteiger partial charge on any atom is -0.493 e. The number of nitrogens with zero attached hydrogens (tertiary/aromatic N) is 3. The smallest absolute Gasteiger partial charge is 0.254 e. The van der Waals surface area contributed by atoms with Gasteiger partial charge in [-0.25, -0.2) is 5.43 Å². The van der Waals surface area contributed by atoms with Gasteiger partial charge in [0, 0.05) is 32.7 Å². The topological polar surface area (TPSA) is 66.4 Å². The van der Waals surface area contributed by atoms with Gasteiger partial charge in [0.2, 0.25) is 0 Å². The van der Waals surface area contributed by atoms with E-state index in [4.69, 9.17) is 9.47 Å². The lowest BCUT2D eigenvalue weighted by Crippen LogP contribution is -2.48. The molecule has 0 bridgehead atoms. The molecular formula is C23H30N4O3. The maximum atomic E-state index is 12.2. The molecule has 1 amide bonds. The van der Waals surface area contributed by atoms with Crippen LogP contribution in [0.2, 0.25) is 0 Å². The largest absolute Gasteiger partial charge is 0.493 e. The third-order valence-electron chi connectivity index (χ3n) is 4.97. The molecule has 3 rings (SSSR count). The number of ether oxygens (including phenoxy) is 2. The van der Waals surface area contributed by atoms with E-state index in [1.807, 2.05) is 31.2 Å². The van der Waals surface area contributed by atoms with Crippen molar-refractivity contribution < 1.29 is 14.3 Å². The Balaban J connectivity index is 1.41. The summed E-state index contributed by atoms with van der Waals surface area (Å²) >= 11 is 0. The molecule has 2 aromatic carbocycles. The average molecular weight is 411 g/mol. The molecule has 0 aliphatic carbocycles. The maximum Gasteiger partial charge on any atom is 0.254 e. The predicted octanol–water partition coefficient (Wildman–Crippen LogP) is 2.36. The van der Waals surface area contributed by atoms with Crippen LogP contribution in [0.1, 0.15) is 18.1 Å². The summed E-state index contributed by atoms with van der Waals surface area (Å²) in [7, 11) is 1.60. The molecule has 0 aromatic heterocycles. The number of rotatable bonds is 9. The molecule has 0 saturated carbocycles. The molecule has 1 N–H and O–H groups in total. The van der Waals surface area contributed by atoms with Crippen LogP contribution in [-0.4, -0.2) is 68.4 Å². The van der Waals surface area contributed by atoms with Crippen molar-refractivity contribution in [3.63, 3.8) is 0 Å². The number of benzene rings is 2. The van der Waals surface area contributed by atoms with Gasteiger partial charge in [0.25, 0.3) is 5.91 Å². The van der Waals surface area contributed by atoms with Gasteiger partial charge >= 0.3 is 0 Å². The van der Waals surface area contributed by atoms with Crippen LogP contribution in [0.3, 0.4) is 0 Å². The van der Waals surface area contributed by atoms with Crippen LogP contribution < -0.4 is 14.9 Å². The molecule has 160 valence electrons. The number of methoxy groups -OCH3 is 1. The molecule has 7 heteroatoms. The molecule has 1 saturated heterocycles. The van der Waals surface area contributed by atoms with E-state index in [0.29, 0.717) is 24.7 Å². The Labute approximate surface area is 178 Å². The molecule has 1 fully saturated rings. The summed E-state index contributed by atoms with van der Waals surface area (Å²) in [5.41, 5.74) is 4.76. The van der Waals surface area contributed by atoms with Gasteiger partial charge in [-0.05, 0) is 36.2 Å². The second kappa shape index (κ2) is 11.3. The number of amides is 1. The van der Waals surface area contributed by atoms with Gasteiger partial charge in [-0.15, -0.1) is 0 Å². The van der Waals surface area contributed by atoms with E-state index in [1.54, 1.807) is 13.3 Å². The van der Waals surface area contributed by atoms with Crippen LogP contribution >= 0.6 is 0 Å². The van der Waals surface area contributed by atoms with Gasteiger partial charge < -0.3 is 9.47 Å². The van der Waals surface area contributed by atoms with Crippen molar-refractivity contribution in [2.45, 2.75) is 13.5 Å². The van der Waals surface area contributed by atoms with Gasteiger partial charge in [-0.3, -0.25) is 14.6 Å². The van der Waals surface area contributed by atoms with Crippen LogP contribution in [0, 0.1) is 0 Å². The zero-order valence-corrected chi connectivity index (χ0v) is 17.7. The van der Waals surface area contributed by atoms with Crippen LogP contribution in [0.25, 0.3) is 0 Å².